The number of ether oxygens (including phenoxy) is 2. The molecule has 0 amide bonds. The Balaban J connectivity index is 1.57. The smallest absolute Gasteiger partial charge is 0.204 e. The second-order valence-corrected chi connectivity index (χ2v) is 8.06. The van der Waals surface area contributed by atoms with Crippen molar-refractivity contribution in [2.24, 2.45) is 17.8 Å². The molecule has 0 heterocycles. The van der Waals surface area contributed by atoms with Gasteiger partial charge in [-0.15, -0.1) is 0 Å². The number of allylic oxidation sites excluding steroid dienone is 1. The zero-order valence-corrected chi connectivity index (χ0v) is 16.1. The SMILES string of the molecule is COc1cc(C)c(OCC2=CCC(C3CCC(C)CC3)CC2)c(F)c1F. The molecule has 0 aliphatic heterocycles. The Bertz CT molecular complexity index is 661. The second-order valence-electron chi connectivity index (χ2n) is 8.06. The summed E-state index contributed by atoms with van der Waals surface area (Å²) in [7, 11) is 1.33. The maximum Gasteiger partial charge on any atom is 0.204 e. The number of hydrogen-bond acceptors (Lipinski definition) is 2. The van der Waals surface area contributed by atoms with E-state index in [9.17, 15) is 8.78 Å². The van der Waals surface area contributed by atoms with E-state index in [1.165, 1.54) is 50.9 Å². The third-order valence-corrected chi connectivity index (χ3v) is 6.21. The molecule has 2 aliphatic rings. The van der Waals surface area contributed by atoms with Gasteiger partial charge in [-0.05, 0) is 74.0 Å². The summed E-state index contributed by atoms with van der Waals surface area (Å²) in [5.74, 6) is 0.479. The molecule has 3 rings (SSSR count). The van der Waals surface area contributed by atoms with Gasteiger partial charge in [-0.2, -0.15) is 8.78 Å². The minimum Gasteiger partial charge on any atom is -0.494 e. The molecular formula is C22H30F2O2. The van der Waals surface area contributed by atoms with E-state index < -0.39 is 11.6 Å². The molecule has 1 atom stereocenters. The first-order valence-corrected chi connectivity index (χ1v) is 9.82. The normalized spacial score (nSPS) is 26.3. The summed E-state index contributed by atoms with van der Waals surface area (Å²) >= 11 is 0. The maximum atomic E-state index is 14.2. The van der Waals surface area contributed by atoms with E-state index in [2.05, 4.69) is 13.0 Å². The molecule has 144 valence electrons. The molecule has 26 heavy (non-hydrogen) atoms. The van der Waals surface area contributed by atoms with E-state index in [4.69, 9.17) is 9.47 Å². The van der Waals surface area contributed by atoms with Crippen LogP contribution in [-0.4, -0.2) is 13.7 Å². The highest BCUT2D eigenvalue weighted by Crippen LogP contribution is 2.39. The molecule has 1 fully saturated rings. The van der Waals surface area contributed by atoms with Crippen LogP contribution in [0.5, 0.6) is 11.5 Å². The number of hydrogen-bond donors (Lipinski definition) is 0. The van der Waals surface area contributed by atoms with E-state index in [1.807, 2.05) is 0 Å². The van der Waals surface area contributed by atoms with Gasteiger partial charge in [-0.25, -0.2) is 0 Å². The largest absolute Gasteiger partial charge is 0.494 e. The fourth-order valence-electron chi connectivity index (χ4n) is 4.42. The van der Waals surface area contributed by atoms with Gasteiger partial charge >= 0.3 is 0 Å². The number of halogens is 2. The van der Waals surface area contributed by atoms with Crippen molar-refractivity contribution in [3.8, 4) is 11.5 Å². The van der Waals surface area contributed by atoms with Crippen LogP contribution < -0.4 is 9.47 Å². The van der Waals surface area contributed by atoms with Gasteiger partial charge in [0.25, 0.3) is 0 Å². The van der Waals surface area contributed by atoms with Crippen molar-refractivity contribution in [1.82, 2.24) is 0 Å². The second kappa shape index (κ2) is 8.41. The van der Waals surface area contributed by atoms with E-state index in [0.29, 0.717) is 12.2 Å². The number of rotatable bonds is 5. The van der Waals surface area contributed by atoms with Gasteiger partial charge in [0.15, 0.2) is 11.5 Å². The van der Waals surface area contributed by atoms with Gasteiger partial charge in [0, 0.05) is 0 Å². The minimum atomic E-state index is -0.989. The van der Waals surface area contributed by atoms with Crippen LogP contribution in [-0.2, 0) is 0 Å². The predicted molar refractivity (Wildman–Crippen MR) is 99.7 cm³/mol. The summed E-state index contributed by atoms with van der Waals surface area (Å²) in [5, 5.41) is 0. The van der Waals surface area contributed by atoms with Crippen molar-refractivity contribution >= 4 is 0 Å². The van der Waals surface area contributed by atoms with Gasteiger partial charge in [-0.1, -0.05) is 25.8 Å². The molecule has 0 bridgehead atoms. The fraction of sp³-hybridized carbons (Fsp3) is 0.636. The monoisotopic (exact) mass is 364 g/mol. The van der Waals surface area contributed by atoms with Gasteiger partial charge in [0.05, 0.1) is 7.11 Å². The first kappa shape index (κ1) is 19.2. The molecule has 2 nitrogen and oxygen atoms in total. The third kappa shape index (κ3) is 4.21. The molecular weight excluding hydrogens is 334 g/mol. The van der Waals surface area contributed by atoms with Crippen LogP contribution >= 0.6 is 0 Å². The van der Waals surface area contributed by atoms with Crippen LogP contribution in [0, 0.1) is 36.3 Å². The summed E-state index contributed by atoms with van der Waals surface area (Å²) in [4.78, 5) is 0. The molecule has 0 N–H and O–H groups in total. The van der Waals surface area contributed by atoms with Gasteiger partial charge in [0.1, 0.15) is 6.61 Å². The summed E-state index contributed by atoms with van der Waals surface area (Å²) in [6, 6.07) is 1.48. The lowest BCUT2D eigenvalue weighted by Gasteiger charge is -2.34. The molecule has 0 spiro atoms. The quantitative estimate of drug-likeness (QED) is 0.578. The average molecular weight is 364 g/mol. The highest BCUT2D eigenvalue weighted by atomic mass is 19.2. The molecule has 0 radical (unpaired) electrons. The molecule has 1 aromatic rings. The Kier molecular flexibility index (Phi) is 6.20. The Morgan fingerprint density at radius 2 is 1.77 bits per heavy atom. The van der Waals surface area contributed by atoms with E-state index in [-0.39, 0.29) is 11.5 Å². The number of methoxy groups -OCH3 is 1. The molecule has 1 saturated carbocycles. The van der Waals surface area contributed by atoms with Crippen molar-refractivity contribution in [3.05, 3.63) is 34.9 Å². The first-order chi connectivity index (χ1) is 12.5. The molecule has 2 aliphatic carbocycles. The number of aryl methyl sites for hydroxylation is 1. The molecule has 4 heteroatoms. The highest BCUT2D eigenvalue weighted by molar-refractivity contribution is 5.42. The zero-order valence-electron chi connectivity index (χ0n) is 16.1. The summed E-state index contributed by atoms with van der Waals surface area (Å²) < 4.78 is 38.6. The van der Waals surface area contributed by atoms with Crippen LogP contribution in [0.2, 0.25) is 0 Å². The van der Waals surface area contributed by atoms with Gasteiger partial charge in [0.2, 0.25) is 11.6 Å². The van der Waals surface area contributed by atoms with Crippen molar-refractivity contribution in [1.29, 1.82) is 0 Å². The summed E-state index contributed by atoms with van der Waals surface area (Å²) in [6.07, 6.45) is 11.0. The standard InChI is InChI=1S/C22H30F2O2/c1-14-4-8-17(9-5-14)18-10-6-16(7-11-18)13-26-22-15(2)12-19(25-3)20(23)21(22)24/h6,12,14,17-18H,4-5,7-11,13H2,1-3H3. The topological polar surface area (TPSA) is 18.5 Å². The van der Waals surface area contributed by atoms with Crippen molar-refractivity contribution in [3.63, 3.8) is 0 Å². The zero-order chi connectivity index (χ0) is 18.7. The van der Waals surface area contributed by atoms with Crippen molar-refractivity contribution < 1.29 is 18.3 Å². The van der Waals surface area contributed by atoms with E-state index in [1.54, 1.807) is 6.92 Å². The third-order valence-electron chi connectivity index (χ3n) is 6.21. The summed E-state index contributed by atoms with van der Waals surface area (Å²) in [6.45, 7) is 4.39. The maximum absolute atomic E-state index is 14.2. The van der Waals surface area contributed by atoms with E-state index >= 15 is 0 Å². The van der Waals surface area contributed by atoms with Crippen LogP contribution in [0.25, 0.3) is 0 Å². The van der Waals surface area contributed by atoms with Crippen LogP contribution in [0.1, 0.15) is 57.4 Å². The van der Waals surface area contributed by atoms with Gasteiger partial charge in [-0.3, -0.25) is 0 Å². The van der Waals surface area contributed by atoms with Crippen LogP contribution in [0.15, 0.2) is 17.7 Å². The number of benzene rings is 1. The molecule has 1 aromatic carbocycles. The fourth-order valence-corrected chi connectivity index (χ4v) is 4.42. The lowest BCUT2D eigenvalue weighted by molar-refractivity contribution is 0.197. The predicted octanol–water partition coefficient (Wildman–Crippen LogP) is 6.21. The first-order valence-electron chi connectivity index (χ1n) is 9.82. The lowest BCUT2D eigenvalue weighted by atomic mass is 9.72. The Hall–Kier alpha value is -1.58. The lowest BCUT2D eigenvalue weighted by Crippen LogP contribution is -2.23. The van der Waals surface area contributed by atoms with Crippen LogP contribution in [0.3, 0.4) is 0 Å². The van der Waals surface area contributed by atoms with Crippen molar-refractivity contribution in [2.75, 3.05) is 13.7 Å². The molecule has 0 saturated heterocycles. The Morgan fingerprint density at radius 1 is 1.04 bits per heavy atom. The summed E-state index contributed by atoms with van der Waals surface area (Å²) in [5.41, 5.74) is 1.74. The molecule has 1 unspecified atom stereocenters. The van der Waals surface area contributed by atoms with Crippen molar-refractivity contribution in [2.45, 2.75) is 58.8 Å². The Labute approximate surface area is 155 Å². The highest BCUT2D eigenvalue weighted by Gasteiger charge is 2.27. The average Bonchev–Trinajstić information content (AvgIpc) is 2.66. The molecule has 0 aromatic heterocycles. The van der Waals surface area contributed by atoms with Gasteiger partial charge < -0.3 is 9.47 Å². The Morgan fingerprint density at radius 3 is 2.38 bits per heavy atom. The van der Waals surface area contributed by atoms with Crippen LogP contribution in [0.4, 0.5) is 8.78 Å². The minimum absolute atomic E-state index is 0.00686. The van der Waals surface area contributed by atoms with E-state index in [0.717, 1.165) is 30.6 Å².